The van der Waals surface area contributed by atoms with Crippen molar-refractivity contribution in [3.8, 4) is 0 Å². The molecule has 0 atom stereocenters. The lowest BCUT2D eigenvalue weighted by molar-refractivity contribution is 0.0934. The van der Waals surface area contributed by atoms with Gasteiger partial charge in [-0.2, -0.15) is 0 Å². The molecule has 0 amide bonds. The molecular formula is C18H42O6P2. The molecule has 0 saturated heterocycles. The molecule has 0 unspecified atom stereocenters. The van der Waals surface area contributed by atoms with E-state index in [-0.39, 0.29) is 36.6 Å². The number of hydrogen-bond donors (Lipinski definition) is 0. The maximum Gasteiger partial charge on any atom is 0.333 e. The number of hydrogen-bond acceptors (Lipinski definition) is 6. The van der Waals surface area contributed by atoms with E-state index in [0.29, 0.717) is 0 Å². The van der Waals surface area contributed by atoms with Gasteiger partial charge in [0.2, 0.25) is 0 Å². The maximum atomic E-state index is 5.49. The zero-order chi connectivity index (χ0) is 20.9. The molecule has 0 aliphatic heterocycles. The van der Waals surface area contributed by atoms with Gasteiger partial charge in [-0.05, 0) is 83.1 Å². The van der Waals surface area contributed by atoms with Crippen molar-refractivity contribution in [2.45, 2.75) is 120 Å². The Hall–Kier alpha value is 0.620. The van der Waals surface area contributed by atoms with Gasteiger partial charge in [0, 0.05) is 0 Å². The van der Waals surface area contributed by atoms with Gasteiger partial charge in [0.15, 0.2) is 0 Å². The second-order valence-electron chi connectivity index (χ2n) is 7.37. The third-order valence-corrected chi connectivity index (χ3v) is 5.34. The third-order valence-electron chi connectivity index (χ3n) is 1.78. The molecule has 8 heteroatoms. The van der Waals surface area contributed by atoms with Crippen LogP contribution in [-0.4, -0.2) is 36.6 Å². The van der Waals surface area contributed by atoms with E-state index in [1.807, 2.05) is 83.1 Å². The molecule has 0 aromatic rings. The molecule has 0 saturated carbocycles. The minimum Gasteiger partial charge on any atom is -0.309 e. The summed E-state index contributed by atoms with van der Waals surface area (Å²) in [5, 5.41) is 0. The van der Waals surface area contributed by atoms with Gasteiger partial charge in [-0.15, -0.1) is 0 Å². The summed E-state index contributed by atoms with van der Waals surface area (Å²) in [4.78, 5) is 0. The van der Waals surface area contributed by atoms with Gasteiger partial charge >= 0.3 is 17.2 Å². The van der Waals surface area contributed by atoms with Gasteiger partial charge in [-0.1, -0.05) is 0 Å². The molecule has 160 valence electrons. The van der Waals surface area contributed by atoms with Gasteiger partial charge < -0.3 is 27.1 Å². The van der Waals surface area contributed by atoms with Crippen LogP contribution in [0.5, 0.6) is 0 Å². The minimum absolute atomic E-state index is 0.142. The quantitative estimate of drug-likeness (QED) is 0.320. The summed E-state index contributed by atoms with van der Waals surface area (Å²) >= 11 is 0. The molecule has 0 radical (unpaired) electrons. The van der Waals surface area contributed by atoms with Crippen molar-refractivity contribution in [1.82, 2.24) is 0 Å². The van der Waals surface area contributed by atoms with E-state index in [1.165, 1.54) is 0 Å². The molecule has 0 rings (SSSR count). The Labute approximate surface area is 164 Å². The SMILES string of the molecule is CC(C)OP(OC(C)C)OC(C)C.CC(C)OP(OC(C)C)OC(C)C. The van der Waals surface area contributed by atoms with Crippen molar-refractivity contribution in [2.75, 3.05) is 0 Å². The minimum atomic E-state index is -1.18. The molecule has 0 heterocycles. The van der Waals surface area contributed by atoms with Crippen LogP contribution in [0.3, 0.4) is 0 Å². The highest BCUT2D eigenvalue weighted by atomic mass is 31.2. The fourth-order valence-corrected chi connectivity index (χ4v) is 3.55. The van der Waals surface area contributed by atoms with Gasteiger partial charge in [0.25, 0.3) is 0 Å². The average Bonchev–Trinajstić information content (AvgIpc) is 2.33. The summed E-state index contributed by atoms with van der Waals surface area (Å²) in [6.45, 7) is 23.7. The topological polar surface area (TPSA) is 55.4 Å². The van der Waals surface area contributed by atoms with Crippen molar-refractivity contribution >= 4 is 17.2 Å². The lowest BCUT2D eigenvalue weighted by atomic mass is 10.5. The van der Waals surface area contributed by atoms with Crippen molar-refractivity contribution in [3.63, 3.8) is 0 Å². The monoisotopic (exact) mass is 416 g/mol. The van der Waals surface area contributed by atoms with Crippen LogP contribution in [0.4, 0.5) is 0 Å². The zero-order valence-electron chi connectivity index (χ0n) is 18.8. The van der Waals surface area contributed by atoms with Crippen molar-refractivity contribution in [2.24, 2.45) is 0 Å². The highest BCUT2D eigenvalue weighted by molar-refractivity contribution is 7.42. The first-order valence-electron chi connectivity index (χ1n) is 9.44. The van der Waals surface area contributed by atoms with Crippen LogP contribution < -0.4 is 0 Å². The van der Waals surface area contributed by atoms with E-state index in [9.17, 15) is 0 Å². The molecule has 0 spiro atoms. The van der Waals surface area contributed by atoms with Crippen molar-refractivity contribution < 1.29 is 27.1 Å². The second-order valence-corrected chi connectivity index (χ2v) is 9.53. The Morgan fingerprint density at radius 3 is 0.500 bits per heavy atom. The molecule has 6 nitrogen and oxygen atoms in total. The van der Waals surface area contributed by atoms with E-state index in [1.54, 1.807) is 0 Å². The van der Waals surface area contributed by atoms with Crippen LogP contribution >= 0.6 is 17.2 Å². The van der Waals surface area contributed by atoms with E-state index in [4.69, 9.17) is 27.1 Å². The smallest absolute Gasteiger partial charge is 0.309 e. The molecule has 0 aliphatic carbocycles. The van der Waals surface area contributed by atoms with Crippen LogP contribution in [-0.2, 0) is 27.1 Å². The molecule has 0 aromatic heterocycles. The second kappa shape index (κ2) is 16.6. The van der Waals surface area contributed by atoms with Gasteiger partial charge in [-0.3, -0.25) is 0 Å². The Morgan fingerprint density at radius 1 is 0.308 bits per heavy atom. The molecule has 0 aliphatic rings. The largest absolute Gasteiger partial charge is 0.333 e. The molecule has 0 bridgehead atoms. The summed E-state index contributed by atoms with van der Waals surface area (Å²) in [7, 11) is -2.36. The Balaban J connectivity index is 0. The summed E-state index contributed by atoms with van der Waals surface area (Å²) in [6, 6.07) is 0. The van der Waals surface area contributed by atoms with Crippen LogP contribution in [0.2, 0.25) is 0 Å². The highest BCUT2D eigenvalue weighted by Crippen LogP contribution is 2.44. The Kier molecular flexibility index (Phi) is 18.4. The van der Waals surface area contributed by atoms with Crippen LogP contribution in [0.15, 0.2) is 0 Å². The molecule has 0 N–H and O–H groups in total. The zero-order valence-corrected chi connectivity index (χ0v) is 20.6. The van der Waals surface area contributed by atoms with E-state index in [0.717, 1.165) is 0 Å². The fraction of sp³-hybridized carbons (Fsp3) is 1.00. The van der Waals surface area contributed by atoms with Crippen LogP contribution in [0.25, 0.3) is 0 Å². The lowest BCUT2D eigenvalue weighted by Crippen LogP contribution is -2.09. The predicted octanol–water partition coefficient (Wildman–Crippen LogP) is 6.98. The summed E-state index contributed by atoms with van der Waals surface area (Å²) in [5.74, 6) is 0. The van der Waals surface area contributed by atoms with Crippen molar-refractivity contribution in [1.29, 1.82) is 0 Å². The van der Waals surface area contributed by atoms with Crippen molar-refractivity contribution in [3.05, 3.63) is 0 Å². The summed E-state index contributed by atoms with van der Waals surface area (Å²) in [5.41, 5.74) is 0. The molecule has 0 fully saturated rings. The molecular weight excluding hydrogens is 374 g/mol. The first-order valence-corrected chi connectivity index (χ1v) is 11.6. The number of rotatable bonds is 12. The first-order chi connectivity index (χ1) is 11.8. The van der Waals surface area contributed by atoms with Gasteiger partial charge in [0.05, 0.1) is 36.6 Å². The van der Waals surface area contributed by atoms with Gasteiger partial charge in [0.1, 0.15) is 0 Å². The van der Waals surface area contributed by atoms with Gasteiger partial charge in [-0.25, -0.2) is 0 Å². The first kappa shape index (κ1) is 28.8. The fourth-order valence-electron chi connectivity index (χ4n) is 1.18. The third kappa shape index (κ3) is 22.7. The van der Waals surface area contributed by atoms with E-state index in [2.05, 4.69) is 0 Å². The summed E-state index contributed by atoms with van der Waals surface area (Å²) in [6.07, 6.45) is 0.853. The normalized spacial score (nSPS) is 12.5. The predicted molar refractivity (Wildman–Crippen MR) is 111 cm³/mol. The van der Waals surface area contributed by atoms with Crippen LogP contribution in [0, 0.1) is 0 Å². The Bertz CT molecular complexity index is 235. The highest BCUT2D eigenvalue weighted by Gasteiger charge is 2.18. The molecule has 26 heavy (non-hydrogen) atoms. The van der Waals surface area contributed by atoms with Crippen LogP contribution in [0.1, 0.15) is 83.1 Å². The standard InChI is InChI=1S/2C9H21O3P/c2*1-7(2)10-13(11-8(3)4)12-9(5)6/h2*7-9H,1-6H3. The average molecular weight is 416 g/mol. The van der Waals surface area contributed by atoms with E-state index < -0.39 is 17.2 Å². The summed E-state index contributed by atoms with van der Waals surface area (Å²) < 4.78 is 33.0. The Morgan fingerprint density at radius 2 is 0.423 bits per heavy atom. The van der Waals surface area contributed by atoms with E-state index >= 15 is 0 Å². The lowest BCUT2D eigenvalue weighted by Gasteiger charge is -2.22. The maximum absolute atomic E-state index is 5.49. The molecule has 0 aromatic carbocycles.